The molecule has 0 bridgehead atoms. The van der Waals surface area contributed by atoms with E-state index in [9.17, 15) is 0 Å². The molecule has 1 aromatic rings. The summed E-state index contributed by atoms with van der Waals surface area (Å²) in [5, 5.41) is 0. The SMILES string of the molecule is C#C/C=C\c1c(C)ccc(C)c1C=C. The lowest BCUT2D eigenvalue weighted by Crippen LogP contribution is -1.89. The van der Waals surface area contributed by atoms with Gasteiger partial charge in [0.25, 0.3) is 0 Å². The van der Waals surface area contributed by atoms with Gasteiger partial charge in [0, 0.05) is 0 Å². The first-order chi connectivity index (χ1) is 6.70. The molecule has 14 heavy (non-hydrogen) atoms. The Morgan fingerprint density at radius 2 is 1.79 bits per heavy atom. The highest BCUT2D eigenvalue weighted by Gasteiger charge is 2.02. The Labute approximate surface area is 86.0 Å². The number of hydrogen-bond donors (Lipinski definition) is 0. The normalized spacial score (nSPS) is 10.1. The molecule has 0 amide bonds. The van der Waals surface area contributed by atoms with Crippen molar-refractivity contribution in [2.24, 2.45) is 0 Å². The third-order valence-corrected chi connectivity index (χ3v) is 2.27. The van der Waals surface area contributed by atoms with Crippen molar-refractivity contribution < 1.29 is 0 Å². The van der Waals surface area contributed by atoms with E-state index >= 15 is 0 Å². The molecule has 0 N–H and O–H groups in total. The van der Waals surface area contributed by atoms with Crippen LogP contribution in [-0.2, 0) is 0 Å². The van der Waals surface area contributed by atoms with E-state index in [4.69, 9.17) is 6.42 Å². The predicted octanol–water partition coefficient (Wildman–Crippen LogP) is 3.59. The van der Waals surface area contributed by atoms with Crippen LogP contribution in [0.4, 0.5) is 0 Å². The van der Waals surface area contributed by atoms with Crippen LogP contribution in [0, 0.1) is 26.2 Å². The van der Waals surface area contributed by atoms with E-state index in [-0.39, 0.29) is 0 Å². The highest BCUT2D eigenvalue weighted by molar-refractivity contribution is 5.70. The van der Waals surface area contributed by atoms with Crippen LogP contribution in [0.15, 0.2) is 24.8 Å². The number of rotatable bonds is 2. The third-order valence-electron chi connectivity index (χ3n) is 2.27. The number of hydrogen-bond acceptors (Lipinski definition) is 0. The molecule has 70 valence electrons. The fourth-order valence-corrected chi connectivity index (χ4v) is 1.48. The zero-order valence-corrected chi connectivity index (χ0v) is 8.67. The van der Waals surface area contributed by atoms with Crippen molar-refractivity contribution in [3.05, 3.63) is 47.0 Å². The summed E-state index contributed by atoms with van der Waals surface area (Å²) in [5.41, 5.74) is 4.77. The maximum Gasteiger partial charge on any atom is -0.0115 e. The van der Waals surface area contributed by atoms with Gasteiger partial charge in [-0.3, -0.25) is 0 Å². The van der Waals surface area contributed by atoms with Crippen LogP contribution < -0.4 is 0 Å². The summed E-state index contributed by atoms with van der Waals surface area (Å²) in [7, 11) is 0. The number of benzene rings is 1. The van der Waals surface area contributed by atoms with Gasteiger partial charge in [0.1, 0.15) is 0 Å². The molecule has 0 aliphatic rings. The van der Waals surface area contributed by atoms with E-state index in [0.717, 1.165) is 11.1 Å². The fraction of sp³-hybridized carbons (Fsp3) is 0.143. The van der Waals surface area contributed by atoms with E-state index in [1.54, 1.807) is 6.08 Å². The largest absolute Gasteiger partial charge is 0.115 e. The Balaban J connectivity index is 3.38. The van der Waals surface area contributed by atoms with E-state index in [1.165, 1.54) is 11.1 Å². The molecule has 0 spiro atoms. The van der Waals surface area contributed by atoms with Crippen LogP contribution in [0.3, 0.4) is 0 Å². The summed E-state index contributed by atoms with van der Waals surface area (Å²) in [6.07, 6.45) is 10.7. The number of aryl methyl sites for hydroxylation is 2. The molecule has 0 heteroatoms. The van der Waals surface area contributed by atoms with Gasteiger partial charge in [0.2, 0.25) is 0 Å². The Morgan fingerprint density at radius 1 is 1.21 bits per heavy atom. The highest BCUT2D eigenvalue weighted by atomic mass is 14.1. The minimum atomic E-state index is 1.16. The van der Waals surface area contributed by atoms with Gasteiger partial charge >= 0.3 is 0 Å². The Kier molecular flexibility index (Phi) is 3.31. The van der Waals surface area contributed by atoms with E-state index < -0.39 is 0 Å². The minimum absolute atomic E-state index is 1.16. The first-order valence-corrected chi connectivity index (χ1v) is 4.56. The topological polar surface area (TPSA) is 0 Å². The Bertz CT molecular complexity index is 414. The van der Waals surface area contributed by atoms with E-state index in [0.29, 0.717) is 0 Å². The number of terminal acetylenes is 1. The molecule has 0 saturated heterocycles. The fourth-order valence-electron chi connectivity index (χ4n) is 1.48. The molecule has 0 atom stereocenters. The smallest absolute Gasteiger partial charge is 0.0115 e. The maximum absolute atomic E-state index is 5.19. The number of allylic oxidation sites excluding steroid dienone is 1. The lowest BCUT2D eigenvalue weighted by Gasteiger charge is -2.08. The summed E-state index contributed by atoms with van der Waals surface area (Å²) in [6, 6.07) is 4.19. The molecule has 0 aliphatic carbocycles. The van der Waals surface area contributed by atoms with Gasteiger partial charge in [-0.2, -0.15) is 0 Å². The van der Waals surface area contributed by atoms with Crippen molar-refractivity contribution in [1.82, 2.24) is 0 Å². The Morgan fingerprint density at radius 3 is 2.29 bits per heavy atom. The van der Waals surface area contributed by atoms with Gasteiger partial charge in [0.15, 0.2) is 0 Å². The first kappa shape index (κ1) is 10.3. The molecular formula is C14H14. The van der Waals surface area contributed by atoms with Gasteiger partial charge < -0.3 is 0 Å². The summed E-state index contributed by atoms with van der Waals surface area (Å²) < 4.78 is 0. The highest BCUT2D eigenvalue weighted by Crippen LogP contribution is 2.21. The van der Waals surface area contributed by atoms with Crippen molar-refractivity contribution >= 4 is 12.2 Å². The molecule has 1 rings (SSSR count). The average Bonchev–Trinajstić information content (AvgIpc) is 2.19. The second-order valence-electron chi connectivity index (χ2n) is 3.23. The van der Waals surface area contributed by atoms with E-state index in [2.05, 4.69) is 38.5 Å². The summed E-state index contributed by atoms with van der Waals surface area (Å²) >= 11 is 0. The summed E-state index contributed by atoms with van der Waals surface area (Å²) in [5.74, 6) is 2.50. The lowest BCUT2D eigenvalue weighted by atomic mass is 9.97. The summed E-state index contributed by atoms with van der Waals surface area (Å²) in [6.45, 7) is 7.96. The van der Waals surface area contributed by atoms with Crippen LogP contribution in [0.25, 0.3) is 12.2 Å². The van der Waals surface area contributed by atoms with Crippen molar-refractivity contribution in [1.29, 1.82) is 0 Å². The summed E-state index contributed by atoms with van der Waals surface area (Å²) in [4.78, 5) is 0. The molecule has 0 unspecified atom stereocenters. The molecule has 0 saturated carbocycles. The molecule has 0 nitrogen and oxygen atoms in total. The second kappa shape index (κ2) is 4.48. The quantitative estimate of drug-likeness (QED) is 0.613. The van der Waals surface area contributed by atoms with Crippen molar-refractivity contribution in [2.45, 2.75) is 13.8 Å². The maximum atomic E-state index is 5.19. The van der Waals surface area contributed by atoms with Crippen LogP contribution >= 0.6 is 0 Å². The predicted molar refractivity (Wildman–Crippen MR) is 63.9 cm³/mol. The van der Waals surface area contributed by atoms with Crippen molar-refractivity contribution in [3.8, 4) is 12.3 Å². The van der Waals surface area contributed by atoms with Crippen LogP contribution in [0.5, 0.6) is 0 Å². The standard InChI is InChI=1S/C14H14/c1-5-7-8-14-12(4)10-9-11(3)13(14)6-2/h1,6-10H,2H2,3-4H3/b8-7-. The van der Waals surface area contributed by atoms with Crippen LogP contribution in [0.2, 0.25) is 0 Å². The zero-order valence-electron chi connectivity index (χ0n) is 8.67. The van der Waals surface area contributed by atoms with Gasteiger partial charge in [-0.15, -0.1) is 6.42 Å². The Hall–Kier alpha value is -1.74. The van der Waals surface area contributed by atoms with Gasteiger partial charge in [-0.05, 0) is 48.3 Å². The average molecular weight is 182 g/mol. The lowest BCUT2D eigenvalue weighted by molar-refractivity contribution is 1.35. The zero-order chi connectivity index (χ0) is 10.6. The minimum Gasteiger partial charge on any atom is -0.115 e. The molecule has 0 radical (unpaired) electrons. The van der Waals surface area contributed by atoms with Crippen molar-refractivity contribution in [2.75, 3.05) is 0 Å². The van der Waals surface area contributed by atoms with Crippen molar-refractivity contribution in [3.63, 3.8) is 0 Å². The molecule has 0 aliphatic heterocycles. The van der Waals surface area contributed by atoms with Gasteiger partial charge in [0.05, 0.1) is 0 Å². The van der Waals surface area contributed by atoms with Gasteiger partial charge in [-0.25, -0.2) is 0 Å². The molecule has 0 fully saturated rings. The van der Waals surface area contributed by atoms with Crippen LogP contribution in [-0.4, -0.2) is 0 Å². The molecule has 0 aromatic heterocycles. The first-order valence-electron chi connectivity index (χ1n) is 4.56. The molecule has 0 heterocycles. The van der Waals surface area contributed by atoms with Crippen LogP contribution in [0.1, 0.15) is 22.3 Å². The monoisotopic (exact) mass is 182 g/mol. The molecular weight excluding hydrogens is 168 g/mol. The third kappa shape index (κ3) is 1.95. The van der Waals surface area contributed by atoms with E-state index in [1.807, 2.05) is 12.2 Å². The molecule has 1 aromatic carbocycles. The van der Waals surface area contributed by atoms with Gasteiger partial charge in [-0.1, -0.05) is 30.7 Å². The second-order valence-corrected chi connectivity index (χ2v) is 3.23.